The molecule has 0 bridgehead atoms. The SMILES string of the molecule is COc1ccc(C2c3sc(=O)n(CC(=O)Nc4ccc(S(N)(=O)=O)cc4)c3SC3C(=O)N(c4ccc(Br)cc4)C(=O)C32)cc1OC. The molecule has 46 heavy (non-hydrogen) atoms. The number of hydrogen-bond donors (Lipinski definition) is 2. The van der Waals surface area contributed by atoms with Gasteiger partial charge in [-0.2, -0.15) is 0 Å². The Morgan fingerprint density at radius 2 is 1.63 bits per heavy atom. The first-order valence-electron chi connectivity index (χ1n) is 13.6. The number of primary sulfonamides is 1. The van der Waals surface area contributed by atoms with Gasteiger partial charge in [-0.1, -0.05) is 45.1 Å². The molecule has 3 heterocycles. The minimum atomic E-state index is -3.91. The van der Waals surface area contributed by atoms with Crippen molar-refractivity contribution in [1.82, 2.24) is 4.57 Å². The third kappa shape index (κ3) is 5.75. The number of aromatic nitrogens is 1. The van der Waals surface area contributed by atoms with E-state index in [0.29, 0.717) is 38.3 Å². The van der Waals surface area contributed by atoms with E-state index >= 15 is 0 Å². The molecule has 3 atom stereocenters. The summed E-state index contributed by atoms with van der Waals surface area (Å²) in [5.41, 5.74) is 1.36. The molecule has 4 aromatic rings. The van der Waals surface area contributed by atoms with E-state index in [2.05, 4.69) is 21.2 Å². The van der Waals surface area contributed by atoms with Crippen LogP contribution in [0, 0.1) is 5.92 Å². The first kappa shape index (κ1) is 32.0. The number of ether oxygens (including phenoxy) is 2. The van der Waals surface area contributed by atoms with Crippen molar-refractivity contribution >= 4 is 78.1 Å². The summed E-state index contributed by atoms with van der Waals surface area (Å²) in [6, 6.07) is 17.3. The Bertz CT molecular complexity index is 2050. The van der Waals surface area contributed by atoms with Crippen molar-refractivity contribution in [3.63, 3.8) is 0 Å². The number of benzene rings is 3. The lowest BCUT2D eigenvalue weighted by molar-refractivity contribution is -0.122. The van der Waals surface area contributed by atoms with Gasteiger partial charge >= 0.3 is 4.87 Å². The van der Waals surface area contributed by atoms with E-state index in [4.69, 9.17) is 14.6 Å². The molecule has 3 aromatic carbocycles. The van der Waals surface area contributed by atoms with Gasteiger partial charge in [0.2, 0.25) is 27.7 Å². The predicted molar refractivity (Wildman–Crippen MR) is 176 cm³/mol. The Labute approximate surface area is 279 Å². The molecule has 2 aliphatic rings. The smallest absolute Gasteiger partial charge is 0.308 e. The van der Waals surface area contributed by atoms with Gasteiger partial charge in [-0.3, -0.25) is 23.7 Å². The highest BCUT2D eigenvalue weighted by Gasteiger charge is 2.57. The van der Waals surface area contributed by atoms with Gasteiger partial charge in [-0.15, -0.1) is 0 Å². The number of thiazole rings is 1. The molecule has 3 N–H and O–H groups in total. The number of anilines is 2. The molecule has 1 aromatic heterocycles. The molecule has 0 spiro atoms. The number of sulfonamides is 1. The molecule has 0 aliphatic carbocycles. The van der Waals surface area contributed by atoms with E-state index in [1.807, 2.05) is 0 Å². The van der Waals surface area contributed by atoms with Crippen LogP contribution in [-0.4, -0.2) is 50.2 Å². The fraction of sp³-hybridized carbons (Fsp3) is 0.200. The van der Waals surface area contributed by atoms with Crippen molar-refractivity contribution in [1.29, 1.82) is 0 Å². The summed E-state index contributed by atoms with van der Waals surface area (Å²) in [6.45, 7) is -0.386. The maximum absolute atomic E-state index is 14.1. The van der Waals surface area contributed by atoms with Gasteiger partial charge in [0, 0.05) is 21.0 Å². The zero-order valence-electron chi connectivity index (χ0n) is 24.1. The zero-order chi connectivity index (χ0) is 32.9. The minimum absolute atomic E-state index is 0.117. The normalized spacial score (nSPS) is 19.0. The van der Waals surface area contributed by atoms with E-state index in [1.165, 1.54) is 48.0 Å². The van der Waals surface area contributed by atoms with Crippen molar-refractivity contribution < 1.29 is 32.3 Å². The van der Waals surface area contributed by atoms with E-state index in [-0.39, 0.29) is 11.4 Å². The standard InChI is InChI=1S/C30H25BrN4O8S3/c1-42-20-12-3-15(13-21(20)43-2)23-24-25(28(38)35(27(24)37)18-8-4-16(31)5-9-18)44-29-26(23)45-30(39)34(29)14-22(36)33-17-6-10-19(11-7-17)46(32,40)41/h3-13,23-25H,14H2,1-2H3,(H,33,36)(H2,32,40,41). The summed E-state index contributed by atoms with van der Waals surface area (Å²) in [6.07, 6.45) is 0. The number of thioether (sulfide) groups is 1. The summed E-state index contributed by atoms with van der Waals surface area (Å²) in [4.78, 5) is 55.8. The monoisotopic (exact) mass is 744 g/mol. The van der Waals surface area contributed by atoms with Crippen molar-refractivity contribution in [2.24, 2.45) is 11.1 Å². The van der Waals surface area contributed by atoms with Crippen molar-refractivity contribution in [3.8, 4) is 11.5 Å². The van der Waals surface area contributed by atoms with Crippen molar-refractivity contribution in [2.45, 2.75) is 27.6 Å². The number of nitrogens with one attached hydrogen (secondary N) is 1. The van der Waals surface area contributed by atoms with Gasteiger partial charge in [0.25, 0.3) is 0 Å². The number of nitrogens with two attached hydrogens (primary N) is 1. The number of carbonyl (C=O) groups is 3. The number of hydrogen-bond acceptors (Lipinski definition) is 10. The quantitative estimate of drug-likeness (QED) is 0.255. The molecule has 0 radical (unpaired) electrons. The van der Waals surface area contributed by atoms with Crippen LogP contribution >= 0.6 is 39.0 Å². The second-order valence-corrected chi connectivity index (χ2v) is 15.0. The van der Waals surface area contributed by atoms with Crippen LogP contribution in [0.2, 0.25) is 0 Å². The van der Waals surface area contributed by atoms with Crippen LogP contribution in [0.4, 0.5) is 11.4 Å². The van der Waals surface area contributed by atoms with Crippen LogP contribution in [0.25, 0.3) is 0 Å². The van der Waals surface area contributed by atoms with E-state index in [9.17, 15) is 27.6 Å². The number of rotatable bonds is 8. The van der Waals surface area contributed by atoms with Gasteiger partial charge in [-0.05, 0) is 66.2 Å². The van der Waals surface area contributed by atoms with Crippen LogP contribution in [0.1, 0.15) is 16.4 Å². The highest BCUT2D eigenvalue weighted by molar-refractivity contribution is 9.10. The van der Waals surface area contributed by atoms with Gasteiger partial charge in [-0.25, -0.2) is 18.5 Å². The first-order valence-corrected chi connectivity index (χ1v) is 17.6. The minimum Gasteiger partial charge on any atom is -0.493 e. The molecule has 3 unspecified atom stereocenters. The number of halogens is 1. The maximum Gasteiger partial charge on any atom is 0.308 e. The Morgan fingerprint density at radius 1 is 0.957 bits per heavy atom. The van der Waals surface area contributed by atoms with E-state index in [1.54, 1.807) is 42.5 Å². The largest absolute Gasteiger partial charge is 0.493 e. The number of nitrogens with zero attached hydrogens (tertiary/aromatic N) is 2. The second kappa shape index (κ2) is 12.3. The number of methoxy groups -OCH3 is 2. The maximum atomic E-state index is 14.1. The average Bonchev–Trinajstić information content (AvgIpc) is 3.47. The Hall–Kier alpha value is -3.96. The lowest BCUT2D eigenvalue weighted by atomic mass is 9.83. The lowest BCUT2D eigenvalue weighted by Crippen LogP contribution is -2.33. The summed E-state index contributed by atoms with van der Waals surface area (Å²) >= 11 is 5.39. The first-order chi connectivity index (χ1) is 21.9. The van der Waals surface area contributed by atoms with Gasteiger partial charge < -0.3 is 14.8 Å². The summed E-state index contributed by atoms with van der Waals surface area (Å²) in [7, 11) is -0.921. The van der Waals surface area contributed by atoms with Gasteiger partial charge in [0.1, 0.15) is 11.8 Å². The molecule has 12 nitrogen and oxygen atoms in total. The zero-order valence-corrected chi connectivity index (χ0v) is 28.2. The molecule has 1 saturated heterocycles. The Balaban J connectivity index is 1.40. The number of imide groups is 1. The van der Waals surface area contributed by atoms with Crippen LogP contribution in [-0.2, 0) is 31.0 Å². The van der Waals surface area contributed by atoms with Crippen LogP contribution < -0.4 is 29.7 Å². The highest BCUT2D eigenvalue weighted by atomic mass is 79.9. The fourth-order valence-electron chi connectivity index (χ4n) is 5.58. The molecular weight excluding hydrogens is 720 g/mol. The van der Waals surface area contributed by atoms with Gasteiger partial charge in [0.15, 0.2) is 11.5 Å². The summed E-state index contributed by atoms with van der Waals surface area (Å²) in [5, 5.41) is 7.34. The second-order valence-electron chi connectivity index (χ2n) is 10.4. The molecule has 238 valence electrons. The van der Waals surface area contributed by atoms with Crippen LogP contribution in [0.5, 0.6) is 11.5 Å². The third-order valence-corrected chi connectivity index (χ3v) is 11.7. The van der Waals surface area contributed by atoms with Crippen molar-refractivity contribution in [3.05, 3.63) is 91.3 Å². The number of fused-ring (bicyclic) bond motifs is 2. The van der Waals surface area contributed by atoms with E-state index < -0.39 is 49.7 Å². The Morgan fingerprint density at radius 3 is 2.26 bits per heavy atom. The lowest BCUT2D eigenvalue weighted by Gasteiger charge is -2.31. The molecule has 6 rings (SSSR count). The fourth-order valence-corrected chi connectivity index (χ4v) is 9.13. The molecule has 0 saturated carbocycles. The van der Waals surface area contributed by atoms with E-state index in [0.717, 1.165) is 27.6 Å². The molecule has 2 aliphatic heterocycles. The predicted octanol–water partition coefficient (Wildman–Crippen LogP) is 3.77. The van der Waals surface area contributed by atoms with Crippen LogP contribution in [0.3, 0.4) is 0 Å². The number of amides is 3. The molecular formula is C30H25BrN4O8S3. The topological polar surface area (TPSA) is 167 Å². The number of carbonyl (C=O) groups excluding carboxylic acids is 3. The highest BCUT2D eigenvalue weighted by Crippen LogP contribution is 2.54. The van der Waals surface area contributed by atoms with Crippen molar-refractivity contribution in [2.75, 3.05) is 24.4 Å². The molecule has 1 fully saturated rings. The van der Waals surface area contributed by atoms with Gasteiger partial charge in [0.05, 0.1) is 35.7 Å². The van der Waals surface area contributed by atoms with Crippen LogP contribution in [0.15, 0.2) is 85.9 Å². The Kier molecular flexibility index (Phi) is 8.58. The summed E-state index contributed by atoms with van der Waals surface area (Å²) < 4.78 is 36.2. The third-order valence-electron chi connectivity index (χ3n) is 7.67. The molecule has 3 amide bonds. The molecule has 16 heteroatoms. The average molecular weight is 746 g/mol. The summed E-state index contributed by atoms with van der Waals surface area (Å²) in [5.74, 6) is -2.04.